The van der Waals surface area contributed by atoms with Crippen LogP contribution in [0.1, 0.15) is 0 Å². The molecule has 2 aliphatic heterocycles. The quantitative estimate of drug-likeness (QED) is 0.161. The van der Waals surface area contributed by atoms with Crippen LogP contribution in [0.4, 0.5) is 0 Å². The number of rotatable bonds is 4. The zero-order valence-electron chi connectivity index (χ0n) is 35.4. The summed E-state index contributed by atoms with van der Waals surface area (Å²) in [7, 11) is 0. The van der Waals surface area contributed by atoms with E-state index in [4.69, 9.17) is 0 Å². The van der Waals surface area contributed by atoms with E-state index in [-0.39, 0.29) is 0 Å². The van der Waals surface area contributed by atoms with Crippen LogP contribution in [-0.4, -0.2) is 0 Å². The normalized spacial score (nSPS) is 13.5. The van der Waals surface area contributed by atoms with Crippen LogP contribution in [0.15, 0.2) is 246 Å². The van der Waals surface area contributed by atoms with Crippen molar-refractivity contribution in [2.24, 2.45) is 0 Å². The van der Waals surface area contributed by atoms with Gasteiger partial charge in [-0.25, -0.2) is 0 Å². The zero-order valence-corrected chi connectivity index (χ0v) is 38.7. The van der Waals surface area contributed by atoms with Crippen LogP contribution >= 0.6 is 47.0 Å². The minimum atomic E-state index is 1.24. The van der Waals surface area contributed by atoms with Crippen LogP contribution in [0.2, 0.25) is 0 Å². The topological polar surface area (TPSA) is 0 Å². The van der Waals surface area contributed by atoms with Crippen LogP contribution < -0.4 is 0 Å². The average Bonchev–Trinajstić information content (AvgIpc) is 3.99. The second kappa shape index (κ2) is 15.5. The highest BCUT2D eigenvalue weighted by Crippen LogP contribution is 2.62. The molecule has 2 aliphatic rings. The second-order valence-electron chi connectivity index (χ2n) is 17.1. The van der Waals surface area contributed by atoms with E-state index in [1.165, 1.54) is 137 Å². The van der Waals surface area contributed by atoms with Crippen molar-refractivity contribution in [1.29, 1.82) is 0 Å². The predicted octanol–water partition coefficient (Wildman–Crippen LogP) is 19.5. The molecule has 0 atom stereocenters. The summed E-state index contributed by atoms with van der Waals surface area (Å²) in [6, 6.07) is 81.3. The molecule has 4 heteroatoms. The lowest BCUT2D eigenvalue weighted by atomic mass is 9.85. The molecule has 0 saturated heterocycles. The van der Waals surface area contributed by atoms with Crippen molar-refractivity contribution in [3.05, 3.63) is 227 Å². The maximum Gasteiger partial charge on any atom is 0.0706 e. The van der Waals surface area contributed by atoms with Gasteiger partial charge in [0, 0.05) is 19.6 Å². The Morgan fingerprint density at radius 3 is 0.636 bits per heavy atom. The Labute approximate surface area is 399 Å². The van der Waals surface area contributed by atoms with Gasteiger partial charge in [0.2, 0.25) is 0 Å². The molecule has 308 valence electrons. The molecule has 2 heterocycles. The Bertz CT molecular complexity index is 3490. The Morgan fingerprint density at radius 1 is 0.197 bits per heavy atom. The summed E-state index contributed by atoms with van der Waals surface area (Å²) in [4.78, 5) is 5.34. The van der Waals surface area contributed by atoms with Gasteiger partial charge in [-0.2, -0.15) is 0 Å². The van der Waals surface area contributed by atoms with Crippen LogP contribution in [0.5, 0.6) is 0 Å². The molecule has 0 aliphatic carbocycles. The fourth-order valence-electron chi connectivity index (χ4n) is 10.5. The SMILES string of the molecule is c1ccc(-c2c3ccccc3c(-c3ccccc3)c3cc4cc5c(cc4cc23)SC(=C2Sc3cc4cc6c(-c7ccccc7)c7ccccc7c(-c7ccccc7)c6cc4cc3S2)S5)cc1. The molecule has 12 aromatic carbocycles. The van der Waals surface area contributed by atoms with Gasteiger partial charge in [0.15, 0.2) is 0 Å². The molecular weight excluding hydrogens is 873 g/mol. The van der Waals surface area contributed by atoms with E-state index in [1.54, 1.807) is 0 Å². The molecule has 0 bridgehead atoms. The largest absolute Gasteiger partial charge is 0.0797 e. The third-order valence-corrected chi connectivity index (χ3v) is 18.9. The van der Waals surface area contributed by atoms with E-state index in [0.29, 0.717) is 0 Å². The highest BCUT2D eigenvalue weighted by atomic mass is 32.2. The maximum absolute atomic E-state index is 2.46. The lowest BCUT2D eigenvalue weighted by Crippen LogP contribution is -1.91. The van der Waals surface area contributed by atoms with Gasteiger partial charge in [-0.1, -0.05) is 217 Å². The van der Waals surface area contributed by atoms with Crippen molar-refractivity contribution < 1.29 is 0 Å². The minimum absolute atomic E-state index is 1.24. The predicted molar refractivity (Wildman–Crippen MR) is 290 cm³/mol. The number of fused-ring (bicyclic) bond motifs is 8. The summed E-state index contributed by atoms with van der Waals surface area (Å²) in [5.74, 6) is 0. The molecule has 12 aromatic rings. The fraction of sp³-hybridized carbons (Fsp3) is 0. The van der Waals surface area contributed by atoms with Gasteiger partial charge < -0.3 is 0 Å². The highest BCUT2D eigenvalue weighted by Gasteiger charge is 2.29. The first-order valence-corrected chi connectivity index (χ1v) is 25.6. The Kier molecular flexibility index (Phi) is 9.05. The third kappa shape index (κ3) is 6.20. The van der Waals surface area contributed by atoms with Crippen molar-refractivity contribution in [3.8, 4) is 44.5 Å². The van der Waals surface area contributed by atoms with Gasteiger partial charge in [0.1, 0.15) is 0 Å². The molecule has 0 unspecified atom stereocenters. The van der Waals surface area contributed by atoms with Crippen LogP contribution in [0, 0.1) is 0 Å². The second-order valence-corrected chi connectivity index (χ2v) is 21.9. The first-order valence-electron chi connectivity index (χ1n) is 22.3. The summed E-state index contributed by atoms with van der Waals surface area (Å²) in [6.45, 7) is 0. The lowest BCUT2D eigenvalue weighted by Gasteiger charge is -2.18. The molecule has 0 aromatic heterocycles. The van der Waals surface area contributed by atoms with Gasteiger partial charge in [0.05, 0.1) is 8.47 Å². The van der Waals surface area contributed by atoms with Crippen molar-refractivity contribution in [2.45, 2.75) is 19.6 Å². The molecule has 0 amide bonds. The van der Waals surface area contributed by atoms with Crippen LogP contribution in [-0.2, 0) is 0 Å². The number of benzene rings is 12. The monoisotopic (exact) mass is 908 g/mol. The first-order chi connectivity index (χ1) is 32.7. The van der Waals surface area contributed by atoms with Crippen molar-refractivity contribution in [1.82, 2.24) is 0 Å². The summed E-state index contributed by atoms with van der Waals surface area (Å²) >= 11 is 7.74. The van der Waals surface area contributed by atoms with E-state index in [2.05, 4.69) is 218 Å². The van der Waals surface area contributed by atoms with E-state index in [1.807, 2.05) is 47.0 Å². The lowest BCUT2D eigenvalue weighted by molar-refractivity contribution is 1.30. The third-order valence-electron chi connectivity index (χ3n) is 13.3. The van der Waals surface area contributed by atoms with Gasteiger partial charge >= 0.3 is 0 Å². The summed E-state index contributed by atoms with van der Waals surface area (Å²) in [6.07, 6.45) is 0. The number of hydrogen-bond donors (Lipinski definition) is 0. The Balaban J connectivity index is 0.898. The molecule has 0 saturated carbocycles. The van der Waals surface area contributed by atoms with Crippen LogP contribution in [0.3, 0.4) is 0 Å². The zero-order chi connectivity index (χ0) is 43.3. The molecule has 0 nitrogen and oxygen atoms in total. The molecule has 0 radical (unpaired) electrons. The van der Waals surface area contributed by atoms with E-state index >= 15 is 0 Å². The van der Waals surface area contributed by atoms with E-state index in [9.17, 15) is 0 Å². The van der Waals surface area contributed by atoms with Gasteiger partial charge in [0.25, 0.3) is 0 Å². The van der Waals surface area contributed by atoms with Gasteiger partial charge in [-0.15, -0.1) is 0 Å². The summed E-state index contributed by atoms with van der Waals surface area (Å²) in [5.41, 5.74) is 10.2. The molecule has 0 N–H and O–H groups in total. The van der Waals surface area contributed by atoms with E-state index < -0.39 is 0 Å². The van der Waals surface area contributed by atoms with Gasteiger partial charge in [-0.3, -0.25) is 0 Å². The van der Waals surface area contributed by atoms with Crippen molar-refractivity contribution in [3.63, 3.8) is 0 Å². The first kappa shape index (κ1) is 38.6. The Morgan fingerprint density at radius 2 is 0.409 bits per heavy atom. The Hall–Kier alpha value is -6.66. The summed E-state index contributed by atoms with van der Waals surface area (Å²) < 4.78 is 2.74. The van der Waals surface area contributed by atoms with Crippen LogP contribution in [0.25, 0.3) is 109 Å². The molecule has 14 rings (SSSR count). The number of hydrogen-bond acceptors (Lipinski definition) is 4. The maximum atomic E-state index is 2.46. The van der Waals surface area contributed by atoms with E-state index in [0.717, 1.165) is 0 Å². The van der Waals surface area contributed by atoms with Crippen molar-refractivity contribution >= 4 is 112 Å². The highest BCUT2D eigenvalue weighted by molar-refractivity contribution is 8.30. The number of thioether (sulfide) groups is 4. The molecule has 0 fully saturated rings. The standard InChI is InChI=1S/C62H36S4/c1-5-17-37(18-6-1)57-45-25-13-14-26-46(45)58(38-19-7-2-8-20-38)50-30-42-34-54-53(33-41(42)29-49(50)57)63-61(64-54)62-65-55-35-43-31-51-52(32-44(43)36-56(55)66-62)60(40-23-11-4-12-24-40)48-28-16-15-27-47(48)59(51)39-21-9-3-10-22-39/h1-36H. The fourth-order valence-corrected chi connectivity index (χ4v) is 15.9. The summed E-state index contributed by atoms with van der Waals surface area (Å²) in [5, 5.41) is 15.4. The minimum Gasteiger partial charge on any atom is -0.0797 e. The van der Waals surface area contributed by atoms with Gasteiger partial charge in [-0.05, 0) is 158 Å². The van der Waals surface area contributed by atoms with Crippen molar-refractivity contribution in [2.75, 3.05) is 0 Å². The molecule has 66 heavy (non-hydrogen) atoms. The average molecular weight is 909 g/mol. The molecular formula is C62H36S4. The smallest absolute Gasteiger partial charge is 0.0706 e. The molecule has 0 spiro atoms.